The molecule has 0 N–H and O–H groups in total. The van der Waals surface area contributed by atoms with Crippen LogP contribution in [0.25, 0.3) is 0 Å². The first-order valence-electron chi connectivity index (χ1n) is 1.83. The molecule has 0 saturated carbocycles. The molecule has 0 saturated heterocycles. The summed E-state index contributed by atoms with van der Waals surface area (Å²) in [6.07, 6.45) is 0. The van der Waals surface area contributed by atoms with Crippen LogP contribution in [-0.4, -0.2) is 5.08 Å². The third-order valence-electron chi connectivity index (χ3n) is 0.254. The molecular formula is C4H8OS2. The van der Waals surface area contributed by atoms with Crippen LogP contribution in [0.5, 0.6) is 0 Å². The van der Waals surface area contributed by atoms with Crippen molar-refractivity contribution >= 4 is 24.7 Å². The van der Waals surface area contributed by atoms with Crippen LogP contribution < -0.4 is 0 Å². The third-order valence-corrected chi connectivity index (χ3v) is 1.08. The van der Waals surface area contributed by atoms with Gasteiger partial charge >= 0.3 is 0 Å². The summed E-state index contributed by atoms with van der Waals surface area (Å²) in [5.74, 6) is 0.721. The minimum Gasteiger partial charge on any atom is -0.430 e. The Hall–Kier alpha value is 0.240. The number of hydrogen-bond acceptors (Lipinski definition) is 3. The van der Waals surface area contributed by atoms with Crippen molar-refractivity contribution in [2.75, 3.05) is 5.08 Å². The SMILES string of the molecule is C=C(C)OSCS. The second-order valence-corrected chi connectivity index (χ2v) is 2.47. The Morgan fingerprint density at radius 1 is 2.00 bits per heavy atom. The van der Waals surface area contributed by atoms with E-state index in [1.165, 1.54) is 12.0 Å². The van der Waals surface area contributed by atoms with E-state index in [1.807, 2.05) is 0 Å². The van der Waals surface area contributed by atoms with E-state index in [1.54, 1.807) is 6.92 Å². The lowest BCUT2D eigenvalue weighted by Crippen LogP contribution is -1.71. The summed E-state index contributed by atoms with van der Waals surface area (Å²) < 4.78 is 4.84. The van der Waals surface area contributed by atoms with Crippen molar-refractivity contribution in [1.29, 1.82) is 0 Å². The summed E-state index contributed by atoms with van der Waals surface area (Å²) in [7, 11) is 0. The molecule has 0 atom stereocenters. The molecule has 0 amide bonds. The summed E-state index contributed by atoms with van der Waals surface area (Å²) >= 11 is 5.17. The van der Waals surface area contributed by atoms with E-state index in [2.05, 4.69) is 19.2 Å². The summed E-state index contributed by atoms with van der Waals surface area (Å²) in [5, 5.41) is 0.673. The van der Waals surface area contributed by atoms with Gasteiger partial charge in [-0.2, -0.15) is 12.6 Å². The van der Waals surface area contributed by atoms with Crippen molar-refractivity contribution in [3.05, 3.63) is 12.3 Å². The van der Waals surface area contributed by atoms with Gasteiger partial charge in [0.25, 0.3) is 0 Å². The summed E-state index contributed by atoms with van der Waals surface area (Å²) in [6, 6.07) is 0. The number of hydrogen-bond donors (Lipinski definition) is 1. The van der Waals surface area contributed by atoms with Crippen molar-refractivity contribution < 1.29 is 4.18 Å². The van der Waals surface area contributed by atoms with Gasteiger partial charge in [0.15, 0.2) is 0 Å². The van der Waals surface area contributed by atoms with Gasteiger partial charge in [0.05, 0.1) is 17.1 Å². The van der Waals surface area contributed by atoms with Crippen LogP contribution in [0.1, 0.15) is 6.92 Å². The number of allylic oxidation sites excluding steroid dienone is 1. The van der Waals surface area contributed by atoms with Crippen molar-refractivity contribution in [3.8, 4) is 0 Å². The average molecular weight is 136 g/mol. The topological polar surface area (TPSA) is 9.23 Å². The molecule has 0 radical (unpaired) electrons. The highest BCUT2D eigenvalue weighted by molar-refractivity contribution is 8.06. The van der Waals surface area contributed by atoms with Crippen molar-refractivity contribution in [2.24, 2.45) is 0 Å². The Balaban J connectivity index is 2.82. The Kier molecular flexibility index (Phi) is 4.55. The van der Waals surface area contributed by atoms with Gasteiger partial charge in [-0.05, 0) is 6.92 Å². The largest absolute Gasteiger partial charge is 0.430 e. The zero-order chi connectivity index (χ0) is 5.70. The molecule has 0 aliphatic carbocycles. The highest BCUT2D eigenvalue weighted by atomic mass is 32.2. The third kappa shape index (κ3) is 6.24. The molecule has 0 heterocycles. The fraction of sp³-hybridized carbons (Fsp3) is 0.500. The minimum atomic E-state index is 0.673. The molecule has 0 spiro atoms. The first-order valence-corrected chi connectivity index (χ1v) is 3.37. The normalized spacial score (nSPS) is 8.29. The predicted octanol–water partition coefficient (Wildman–Crippen LogP) is 2.07. The van der Waals surface area contributed by atoms with Gasteiger partial charge in [-0.3, -0.25) is 0 Å². The zero-order valence-corrected chi connectivity index (χ0v) is 5.89. The predicted molar refractivity (Wildman–Crippen MR) is 37.3 cm³/mol. The molecule has 42 valence electrons. The molecule has 3 heteroatoms. The van der Waals surface area contributed by atoms with E-state index in [-0.39, 0.29) is 0 Å². The molecule has 0 aliphatic rings. The number of rotatable bonds is 3. The maximum absolute atomic E-state index is 4.84. The molecule has 0 aromatic heterocycles. The average Bonchev–Trinajstić information content (AvgIpc) is 1.61. The van der Waals surface area contributed by atoms with Crippen LogP contribution in [0.15, 0.2) is 12.3 Å². The summed E-state index contributed by atoms with van der Waals surface area (Å²) in [4.78, 5) is 0. The van der Waals surface area contributed by atoms with Gasteiger partial charge in [-0.1, -0.05) is 6.58 Å². The number of thiol groups is 1. The molecule has 0 unspecified atom stereocenters. The molecule has 0 rings (SSSR count). The molecule has 7 heavy (non-hydrogen) atoms. The van der Waals surface area contributed by atoms with Crippen LogP contribution in [-0.2, 0) is 4.18 Å². The van der Waals surface area contributed by atoms with Gasteiger partial charge in [0.1, 0.15) is 5.76 Å². The lowest BCUT2D eigenvalue weighted by Gasteiger charge is -1.95. The van der Waals surface area contributed by atoms with E-state index in [9.17, 15) is 0 Å². The van der Waals surface area contributed by atoms with Gasteiger partial charge in [-0.15, -0.1) is 0 Å². The van der Waals surface area contributed by atoms with Gasteiger partial charge in [0.2, 0.25) is 0 Å². The Labute approximate surface area is 53.7 Å². The fourth-order valence-corrected chi connectivity index (χ4v) is 0.539. The Bertz CT molecular complexity index is 62.7. The van der Waals surface area contributed by atoms with E-state index in [4.69, 9.17) is 4.18 Å². The van der Waals surface area contributed by atoms with E-state index < -0.39 is 0 Å². The first-order chi connectivity index (χ1) is 3.27. The molecule has 0 bridgehead atoms. The summed E-state index contributed by atoms with van der Waals surface area (Å²) in [5.41, 5.74) is 0. The van der Waals surface area contributed by atoms with Crippen molar-refractivity contribution in [2.45, 2.75) is 6.92 Å². The smallest absolute Gasteiger partial charge is 0.104 e. The molecule has 0 aromatic rings. The van der Waals surface area contributed by atoms with E-state index >= 15 is 0 Å². The maximum Gasteiger partial charge on any atom is 0.104 e. The minimum absolute atomic E-state index is 0.673. The molecule has 1 nitrogen and oxygen atoms in total. The van der Waals surface area contributed by atoms with Crippen molar-refractivity contribution in [1.82, 2.24) is 0 Å². The quantitative estimate of drug-likeness (QED) is 0.275. The van der Waals surface area contributed by atoms with Gasteiger partial charge in [0, 0.05) is 0 Å². The molecular weight excluding hydrogens is 128 g/mol. The second kappa shape index (κ2) is 4.40. The lowest BCUT2D eigenvalue weighted by molar-refractivity contribution is 0.507. The second-order valence-electron chi connectivity index (χ2n) is 1.03. The van der Waals surface area contributed by atoms with Crippen LogP contribution in [0, 0.1) is 0 Å². The summed E-state index contributed by atoms with van der Waals surface area (Å²) in [6.45, 7) is 5.32. The van der Waals surface area contributed by atoms with Crippen LogP contribution in [0.4, 0.5) is 0 Å². The molecule has 0 aliphatic heterocycles. The molecule has 0 fully saturated rings. The van der Waals surface area contributed by atoms with Gasteiger partial charge < -0.3 is 4.18 Å². The Morgan fingerprint density at radius 2 is 2.57 bits per heavy atom. The van der Waals surface area contributed by atoms with Gasteiger partial charge in [-0.25, -0.2) is 0 Å². The Morgan fingerprint density at radius 3 is 2.71 bits per heavy atom. The monoisotopic (exact) mass is 136 g/mol. The van der Waals surface area contributed by atoms with E-state index in [0.717, 1.165) is 5.76 Å². The highest BCUT2D eigenvalue weighted by Crippen LogP contribution is 2.08. The standard InChI is InChI=1S/C4H8OS2/c1-4(2)5-7-3-6/h6H,1,3H2,2H3. The maximum atomic E-state index is 4.84. The van der Waals surface area contributed by atoms with Crippen molar-refractivity contribution in [3.63, 3.8) is 0 Å². The molecule has 0 aromatic carbocycles. The zero-order valence-electron chi connectivity index (χ0n) is 4.18. The van der Waals surface area contributed by atoms with Crippen LogP contribution >= 0.6 is 24.7 Å². The van der Waals surface area contributed by atoms with Crippen LogP contribution in [0.3, 0.4) is 0 Å². The van der Waals surface area contributed by atoms with Crippen LogP contribution in [0.2, 0.25) is 0 Å². The van der Waals surface area contributed by atoms with E-state index in [0.29, 0.717) is 5.08 Å². The fourth-order valence-electron chi connectivity index (χ4n) is 0.127. The highest BCUT2D eigenvalue weighted by Gasteiger charge is 1.81. The lowest BCUT2D eigenvalue weighted by atomic mass is 10.7. The first kappa shape index (κ1) is 7.24.